The van der Waals surface area contributed by atoms with Crippen molar-refractivity contribution in [3.8, 4) is 16.9 Å². The van der Waals surface area contributed by atoms with Gasteiger partial charge in [-0.1, -0.05) is 88.7 Å². The Kier molecular flexibility index (Phi) is 8.18. The molecule has 2 N–H and O–H groups in total. The predicted octanol–water partition coefficient (Wildman–Crippen LogP) is 7.44. The molecule has 0 aromatic heterocycles. The summed E-state index contributed by atoms with van der Waals surface area (Å²) >= 11 is 0. The van der Waals surface area contributed by atoms with Crippen molar-refractivity contribution < 1.29 is 19.7 Å². The van der Waals surface area contributed by atoms with Crippen LogP contribution in [0.3, 0.4) is 0 Å². The highest BCUT2D eigenvalue weighted by molar-refractivity contribution is 5.87. The lowest BCUT2D eigenvalue weighted by molar-refractivity contribution is 0.0697. The van der Waals surface area contributed by atoms with Gasteiger partial charge in [-0.3, -0.25) is 0 Å². The minimum atomic E-state index is -0.960. The summed E-state index contributed by atoms with van der Waals surface area (Å²) in [5.74, 6) is 0.285. The molecule has 0 fully saturated rings. The summed E-state index contributed by atoms with van der Waals surface area (Å²) in [6, 6.07) is 19.0. The van der Waals surface area contributed by atoms with E-state index in [9.17, 15) is 9.90 Å². The van der Waals surface area contributed by atoms with Gasteiger partial charge in [0.2, 0.25) is 0 Å². The summed E-state index contributed by atoms with van der Waals surface area (Å²) in [5.41, 5.74) is 5.87. The molecule has 0 saturated heterocycles. The van der Waals surface area contributed by atoms with E-state index in [1.807, 2.05) is 18.2 Å². The Hall–Kier alpha value is -3.37. The highest BCUT2D eigenvalue weighted by Crippen LogP contribution is 2.42. The fourth-order valence-corrected chi connectivity index (χ4v) is 3.78. The number of carbonyl (C=O) groups is 1. The molecule has 3 rings (SSSR count). The van der Waals surface area contributed by atoms with E-state index in [-0.39, 0.29) is 11.0 Å². The standard InChI is InChI=1S/C31H36O4/c1-20(2)19-35-29-26(23-12-7-21(3)8-13-23)17-25(18-27(29)31(4,5)6)28(32)16-11-22-9-14-24(15-10-22)30(33)34/h7-18,20,28,32H,19H2,1-6H3,(H,33,34)/b16-11+. The van der Waals surface area contributed by atoms with Crippen LogP contribution in [0.4, 0.5) is 0 Å². The van der Waals surface area contributed by atoms with E-state index < -0.39 is 12.1 Å². The Morgan fingerprint density at radius 2 is 1.63 bits per heavy atom. The van der Waals surface area contributed by atoms with E-state index in [1.165, 1.54) is 5.56 Å². The molecule has 0 aliphatic rings. The Morgan fingerprint density at radius 1 is 1.00 bits per heavy atom. The lowest BCUT2D eigenvalue weighted by Crippen LogP contribution is -2.17. The van der Waals surface area contributed by atoms with Gasteiger partial charge in [0.15, 0.2) is 0 Å². The molecule has 4 heteroatoms. The molecule has 184 valence electrons. The van der Waals surface area contributed by atoms with E-state index in [1.54, 1.807) is 30.3 Å². The third kappa shape index (κ3) is 6.83. The van der Waals surface area contributed by atoms with Crippen LogP contribution in [-0.2, 0) is 5.41 Å². The molecule has 0 heterocycles. The second kappa shape index (κ2) is 10.9. The Labute approximate surface area is 208 Å². The van der Waals surface area contributed by atoms with Gasteiger partial charge in [-0.25, -0.2) is 4.79 Å². The molecule has 0 bridgehead atoms. The predicted molar refractivity (Wildman–Crippen MR) is 143 cm³/mol. The van der Waals surface area contributed by atoms with Gasteiger partial charge in [0, 0.05) is 11.1 Å². The number of aliphatic hydroxyl groups is 1. The van der Waals surface area contributed by atoms with Crippen molar-refractivity contribution in [3.63, 3.8) is 0 Å². The van der Waals surface area contributed by atoms with Crippen molar-refractivity contribution in [1.29, 1.82) is 0 Å². The zero-order valence-corrected chi connectivity index (χ0v) is 21.5. The molecule has 0 saturated carbocycles. The Morgan fingerprint density at radius 3 is 2.17 bits per heavy atom. The highest BCUT2D eigenvalue weighted by atomic mass is 16.5. The number of aliphatic hydroxyl groups excluding tert-OH is 1. The van der Waals surface area contributed by atoms with Crippen LogP contribution in [0, 0.1) is 12.8 Å². The molecule has 3 aromatic carbocycles. The third-order valence-corrected chi connectivity index (χ3v) is 5.81. The maximum atomic E-state index is 11.1. The molecular formula is C31H36O4. The zero-order valence-electron chi connectivity index (χ0n) is 21.5. The van der Waals surface area contributed by atoms with Crippen molar-refractivity contribution in [2.75, 3.05) is 6.61 Å². The Bertz CT molecular complexity index is 1180. The highest BCUT2D eigenvalue weighted by Gasteiger charge is 2.25. The summed E-state index contributed by atoms with van der Waals surface area (Å²) in [6.45, 7) is 13.4. The van der Waals surface area contributed by atoms with E-state index in [4.69, 9.17) is 9.84 Å². The molecule has 1 atom stereocenters. The quantitative estimate of drug-likeness (QED) is 0.357. The lowest BCUT2D eigenvalue weighted by Gasteiger charge is -2.27. The summed E-state index contributed by atoms with van der Waals surface area (Å²) in [7, 11) is 0. The smallest absolute Gasteiger partial charge is 0.335 e. The first-order valence-corrected chi connectivity index (χ1v) is 12.0. The molecule has 0 amide bonds. The fraction of sp³-hybridized carbons (Fsp3) is 0.323. The van der Waals surface area contributed by atoms with Gasteiger partial charge in [0.05, 0.1) is 18.3 Å². The normalized spacial score (nSPS) is 12.8. The Balaban J connectivity index is 2.07. The molecule has 35 heavy (non-hydrogen) atoms. The van der Waals surface area contributed by atoms with Gasteiger partial charge in [-0.05, 0) is 59.2 Å². The average Bonchev–Trinajstić information content (AvgIpc) is 2.80. The van der Waals surface area contributed by atoms with Gasteiger partial charge >= 0.3 is 5.97 Å². The number of ether oxygens (including phenoxy) is 1. The van der Waals surface area contributed by atoms with Gasteiger partial charge in [-0.2, -0.15) is 0 Å². The SMILES string of the molecule is Cc1ccc(-c2cc(C(O)/C=C/c3ccc(C(=O)O)cc3)cc(C(C)(C)C)c2OCC(C)C)cc1. The van der Waals surface area contributed by atoms with Gasteiger partial charge in [-0.15, -0.1) is 0 Å². The number of hydrogen-bond acceptors (Lipinski definition) is 3. The van der Waals surface area contributed by atoms with Crippen molar-refractivity contribution in [2.24, 2.45) is 5.92 Å². The number of hydrogen-bond donors (Lipinski definition) is 2. The number of aryl methyl sites for hydroxylation is 1. The number of rotatable bonds is 8. The van der Waals surface area contributed by atoms with Crippen LogP contribution in [0.5, 0.6) is 5.75 Å². The maximum absolute atomic E-state index is 11.1. The first-order chi connectivity index (χ1) is 16.5. The first-order valence-electron chi connectivity index (χ1n) is 12.0. The lowest BCUT2D eigenvalue weighted by atomic mass is 9.82. The monoisotopic (exact) mass is 472 g/mol. The van der Waals surface area contributed by atoms with E-state index in [0.717, 1.165) is 33.6 Å². The number of carboxylic acid groups (broad SMARTS) is 1. The zero-order chi connectivity index (χ0) is 25.8. The van der Waals surface area contributed by atoms with Crippen molar-refractivity contribution in [2.45, 2.75) is 53.1 Å². The van der Waals surface area contributed by atoms with E-state index in [2.05, 4.69) is 65.8 Å². The van der Waals surface area contributed by atoms with Crippen LogP contribution in [0.1, 0.15) is 73.3 Å². The van der Waals surface area contributed by atoms with Crippen molar-refractivity contribution in [3.05, 3.63) is 94.6 Å². The molecular weight excluding hydrogens is 436 g/mol. The second-order valence-corrected chi connectivity index (χ2v) is 10.5. The van der Waals surface area contributed by atoms with Gasteiger partial charge < -0.3 is 14.9 Å². The number of aromatic carboxylic acids is 1. The topological polar surface area (TPSA) is 66.8 Å². The average molecular weight is 473 g/mol. The largest absolute Gasteiger partial charge is 0.492 e. The number of carboxylic acids is 1. The molecule has 3 aromatic rings. The van der Waals surface area contributed by atoms with Crippen LogP contribution in [-0.4, -0.2) is 22.8 Å². The minimum Gasteiger partial charge on any atom is -0.492 e. The summed E-state index contributed by atoms with van der Waals surface area (Å²) in [4.78, 5) is 11.1. The number of benzene rings is 3. The van der Waals surface area contributed by atoms with Gasteiger partial charge in [0.25, 0.3) is 0 Å². The molecule has 4 nitrogen and oxygen atoms in total. The van der Waals surface area contributed by atoms with E-state index >= 15 is 0 Å². The molecule has 0 radical (unpaired) electrons. The summed E-state index contributed by atoms with van der Waals surface area (Å²) in [6.07, 6.45) is 2.70. The molecule has 1 unspecified atom stereocenters. The van der Waals surface area contributed by atoms with E-state index in [0.29, 0.717) is 12.5 Å². The van der Waals surface area contributed by atoms with Crippen LogP contribution in [0.15, 0.2) is 66.7 Å². The second-order valence-electron chi connectivity index (χ2n) is 10.5. The summed E-state index contributed by atoms with van der Waals surface area (Å²) in [5, 5.41) is 20.2. The maximum Gasteiger partial charge on any atom is 0.335 e. The molecule has 0 aliphatic heterocycles. The molecule has 0 spiro atoms. The summed E-state index contributed by atoms with van der Waals surface area (Å²) < 4.78 is 6.39. The van der Waals surface area contributed by atoms with Crippen LogP contribution in [0.25, 0.3) is 17.2 Å². The van der Waals surface area contributed by atoms with Crippen LogP contribution < -0.4 is 4.74 Å². The fourth-order valence-electron chi connectivity index (χ4n) is 3.78. The third-order valence-electron chi connectivity index (χ3n) is 5.81. The van der Waals surface area contributed by atoms with Crippen LogP contribution >= 0.6 is 0 Å². The van der Waals surface area contributed by atoms with Crippen LogP contribution in [0.2, 0.25) is 0 Å². The molecule has 0 aliphatic carbocycles. The van der Waals surface area contributed by atoms with Gasteiger partial charge in [0.1, 0.15) is 5.75 Å². The van der Waals surface area contributed by atoms with Crippen molar-refractivity contribution in [1.82, 2.24) is 0 Å². The minimum absolute atomic E-state index is 0.197. The first kappa shape index (κ1) is 26.2. The van der Waals surface area contributed by atoms with Crippen molar-refractivity contribution >= 4 is 12.0 Å².